The number of amides is 1. The van der Waals surface area contributed by atoms with Gasteiger partial charge in [0.05, 0.1) is 18.4 Å². The molecule has 164 valence electrons. The van der Waals surface area contributed by atoms with E-state index >= 15 is 0 Å². The molecule has 7 nitrogen and oxygen atoms in total. The van der Waals surface area contributed by atoms with E-state index in [-0.39, 0.29) is 11.7 Å². The van der Waals surface area contributed by atoms with Crippen molar-refractivity contribution in [1.82, 2.24) is 19.5 Å². The fourth-order valence-corrected chi connectivity index (χ4v) is 4.77. The predicted molar refractivity (Wildman–Crippen MR) is 125 cm³/mol. The quantitative estimate of drug-likeness (QED) is 0.477. The number of nitrogens with one attached hydrogen (secondary N) is 1. The molecule has 1 fully saturated rings. The average Bonchev–Trinajstić information content (AvgIpc) is 3.34. The second kappa shape index (κ2) is 8.85. The summed E-state index contributed by atoms with van der Waals surface area (Å²) in [5, 5.41) is 9.05. The van der Waals surface area contributed by atoms with Crippen LogP contribution in [0.1, 0.15) is 0 Å². The first-order valence-electron chi connectivity index (χ1n) is 10.2. The number of nitrogens with zero attached hydrogens (tertiary/aromatic N) is 5. The third-order valence-corrected chi connectivity index (χ3v) is 6.51. The van der Waals surface area contributed by atoms with Gasteiger partial charge < -0.3 is 10.2 Å². The molecule has 0 saturated carbocycles. The first kappa shape index (κ1) is 20.9. The van der Waals surface area contributed by atoms with Crippen molar-refractivity contribution in [2.45, 2.75) is 0 Å². The summed E-state index contributed by atoms with van der Waals surface area (Å²) in [5.74, 6) is -0.321. The molecule has 1 N–H and O–H groups in total. The predicted octanol–water partition coefficient (Wildman–Crippen LogP) is 4.01. The van der Waals surface area contributed by atoms with Crippen molar-refractivity contribution in [3.8, 4) is 11.3 Å². The van der Waals surface area contributed by atoms with Crippen LogP contribution in [0, 0.1) is 5.82 Å². The number of hydrogen-bond acceptors (Lipinski definition) is 6. The highest BCUT2D eigenvalue weighted by Gasteiger charge is 2.22. The SMILES string of the molecule is O=C(CN1CCN(c2nn3cc(-c4ccc(F)cc4)nc3s2)CC1)Nc1cccc(Cl)c1. The Hall–Kier alpha value is -3.01. The number of anilines is 2. The number of aromatic nitrogens is 3. The lowest BCUT2D eigenvalue weighted by molar-refractivity contribution is -0.117. The maximum Gasteiger partial charge on any atom is 0.238 e. The fourth-order valence-electron chi connectivity index (χ4n) is 3.64. The number of carbonyl (C=O) groups is 1. The average molecular weight is 471 g/mol. The Morgan fingerprint density at radius 3 is 2.62 bits per heavy atom. The van der Waals surface area contributed by atoms with Crippen LogP contribution >= 0.6 is 22.9 Å². The minimum atomic E-state index is -0.267. The Labute approximate surface area is 193 Å². The molecule has 1 aliphatic heterocycles. The van der Waals surface area contributed by atoms with Crippen molar-refractivity contribution in [2.24, 2.45) is 0 Å². The summed E-state index contributed by atoms with van der Waals surface area (Å²) in [6, 6.07) is 13.4. The second-order valence-corrected chi connectivity index (χ2v) is 8.94. The molecule has 0 unspecified atom stereocenters. The van der Waals surface area contributed by atoms with Crippen LogP contribution in [-0.2, 0) is 4.79 Å². The van der Waals surface area contributed by atoms with E-state index < -0.39 is 0 Å². The van der Waals surface area contributed by atoms with E-state index in [9.17, 15) is 9.18 Å². The van der Waals surface area contributed by atoms with Crippen molar-refractivity contribution in [1.29, 1.82) is 0 Å². The van der Waals surface area contributed by atoms with Gasteiger partial charge in [-0.15, -0.1) is 5.10 Å². The number of hydrogen-bond donors (Lipinski definition) is 1. The van der Waals surface area contributed by atoms with Gasteiger partial charge in [-0.05, 0) is 42.5 Å². The lowest BCUT2D eigenvalue weighted by atomic mass is 10.2. The summed E-state index contributed by atoms with van der Waals surface area (Å²) in [7, 11) is 0. The summed E-state index contributed by atoms with van der Waals surface area (Å²) < 4.78 is 14.9. The molecule has 32 heavy (non-hydrogen) atoms. The molecule has 1 amide bonds. The summed E-state index contributed by atoms with van der Waals surface area (Å²) >= 11 is 7.49. The van der Waals surface area contributed by atoms with Crippen LogP contribution in [0.25, 0.3) is 16.2 Å². The standard InChI is InChI=1S/C22H20ClFN6OS/c23-16-2-1-3-18(12-16)25-20(31)14-28-8-10-29(11-9-28)22-27-30-13-19(26-21(30)32-22)15-4-6-17(24)7-5-15/h1-7,12-13H,8-11,14H2,(H,25,31). The Kier molecular flexibility index (Phi) is 5.77. The highest BCUT2D eigenvalue weighted by atomic mass is 35.5. The number of fused-ring (bicyclic) bond motifs is 1. The monoisotopic (exact) mass is 470 g/mol. The Balaban J connectivity index is 1.17. The fraction of sp³-hybridized carbons (Fsp3) is 0.227. The molecular formula is C22H20ClFN6OS. The number of benzene rings is 2. The van der Waals surface area contributed by atoms with Gasteiger partial charge in [-0.25, -0.2) is 13.9 Å². The lowest BCUT2D eigenvalue weighted by Gasteiger charge is -2.33. The topological polar surface area (TPSA) is 65.8 Å². The molecule has 0 radical (unpaired) electrons. The molecule has 0 bridgehead atoms. The Morgan fingerprint density at radius 1 is 1.12 bits per heavy atom. The molecule has 1 saturated heterocycles. The molecular weight excluding hydrogens is 451 g/mol. The summed E-state index contributed by atoms with van der Waals surface area (Å²) in [4.78, 5) is 22.1. The summed E-state index contributed by atoms with van der Waals surface area (Å²) in [6.07, 6.45) is 1.86. The lowest BCUT2D eigenvalue weighted by Crippen LogP contribution is -2.48. The minimum Gasteiger partial charge on any atom is -0.344 e. The first-order valence-corrected chi connectivity index (χ1v) is 11.4. The van der Waals surface area contributed by atoms with Gasteiger partial charge in [-0.3, -0.25) is 9.69 Å². The minimum absolute atomic E-state index is 0.0539. The van der Waals surface area contributed by atoms with E-state index in [1.807, 2.05) is 18.3 Å². The van der Waals surface area contributed by atoms with E-state index in [0.29, 0.717) is 17.3 Å². The van der Waals surface area contributed by atoms with Crippen LogP contribution in [0.15, 0.2) is 54.7 Å². The van der Waals surface area contributed by atoms with Crippen LogP contribution in [0.4, 0.5) is 15.2 Å². The Morgan fingerprint density at radius 2 is 1.91 bits per heavy atom. The van der Waals surface area contributed by atoms with E-state index in [1.165, 1.54) is 23.5 Å². The highest BCUT2D eigenvalue weighted by Crippen LogP contribution is 2.27. The number of rotatable bonds is 5. The zero-order chi connectivity index (χ0) is 22.1. The normalized spacial score (nSPS) is 14.8. The number of carbonyl (C=O) groups excluding carboxylic acids is 1. The van der Waals surface area contributed by atoms with Crippen LogP contribution in [0.2, 0.25) is 5.02 Å². The zero-order valence-corrected chi connectivity index (χ0v) is 18.6. The van der Waals surface area contributed by atoms with Crippen LogP contribution < -0.4 is 10.2 Å². The molecule has 2 aromatic heterocycles. The smallest absolute Gasteiger partial charge is 0.238 e. The van der Waals surface area contributed by atoms with Gasteiger partial charge in [0, 0.05) is 42.5 Å². The van der Waals surface area contributed by atoms with Gasteiger partial charge in [0.15, 0.2) is 0 Å². The number of piperazine rings is 1. The summed E-state index contributed by atoms with van der Waals surface area (Å²) in [5.41, 5.74) is 2.33. The van der Waals surface area contributed by atoms with Crippen LogP contribution in [0.5, 0.6) is 0 Å². The maximum absolute atomic E-state index is 13.1. The Bertz CT molecular complexity index is 1220. The van der Waals surface area contributed by atoms with Crippen molar-refractivity contribution >= 4 is 44.6 Å². The van der Waals surface area contributed by atoms with Crippen LogP contribution in [-0.4, -0.2) is 58.1 Å². The van der Waals surface area contributed by atoms with Gasteiger partial charge in [-0.1, -0.05) is 29.0 Å². The van der Waals surface area contributed by atoms with Gasteiger partial charge in [0.1, 0.15) is 5.82 Å². The van der Waals surface area contributed by atoms with E-state index in [1.54, 1.807) is 28.8 Å². The molecule has 0 aliphatic carbocycles. The largest absolute Gasteiger partial charge is 0.344 e. The molecule has 5 rings (SSSR count). The first-order chi connectivity index (χ1) is 15.5. The maximum atomic E-state index is 13.1. The third kappa shape index (κ3) is 4.59. The molecule has 0 spiro atoms. The second-order valence-electron chi connectivity index (χ2n) is 7.57. The number of imidazole rings is 1. The third-order valence-electron chi connectivity index (χ3n) is 5.29. The zero-order valence-electron chi connectivity index (χ0n) is 17.0. The van der Waals surface area contributed by atoms with Crippen molar-refractivity contribution in [3.05, 3.63) is 65.6 Å². The molecule has 1 aliphatic rings. The van der Waals surface area contributed by atoms with E-state index in [2.05, 4.69) is 25.2 Å². The number of halogens is 2. The molecule has 2 aromatic carbocycles. The van der Waals surface area contributed by atoms with Crippen molar-refractivity contribution in [2.75, 3.05) is 42.9 Å². The van der Waals surface area contributed by atoms with Gasteiger partial charge in [-0.2, -0.15) is 0 Å². The van der Waals surface area contributed by atoms with Crippen LogP contribution in [0.3, 0.4) is 0 Å². The van der Waals surface area contributed by atoms with E-state index in [0.717, 1.165) is 47.5 Å². The van der Waals surface area contributed by atoms with Gasteiger partial charge in [0.2, 0.25) is 16.0 Å². The van der Waals surface area contributed by atoms with Gasteiger partial charge in [0.25, 0.3) is 0 Å². The van der Waals surface area contributed by atoms with Crippen molar-refractivity contribution < 1.29 is 9.18 Å². The highest BCUT2D eigenvalue weighted by molar-refractivity contribution is 7.20. The van der Waals surface area contributed by atoms with Gasteiger partial charge >= 0.3 is 0 Å². The van der Waals surface area contributed by atoms with E-state index in [4.69, 9.17) is 11.6 Å². The molecule has 4 aromatic rings. The van der Waals surface area contributed by atoms with Crippen molar-refractivity contribution in [3.63, 3.8) is 0 Å². The summed E-state index contributed by atoms with van der Waals surface area (Å²) in [6.45, 7) is 3.44. The molecule has 0 atom stereocenters. The molecule has 3 heterocycles. The molecule has 10 heteroatoms.